The van der Waals surface area contributed by atoms with Crippen LogP contribution in [0.4, 0.5) is 0 Å². The zero-order valence-corrected chi connectivity index (χ0v) is 15.3. The van der Waals surface area contributed by atoms with E-state index in [1.165, 1.54) is 0 Å². The van der Waals surface area contributed by atoms with E-state index in [2.05, 4.69) is 5.32 Å². The first-order valence-corrected chi connectivity index (χ1v) is 9.08. The van der Waals surface area contributed by atoms with Crippen LogP contribution in [0.2, 0.25) is 5.02 Å². The molecule has 1 heterocycles. The average molecular weight is 372 g/mol. The highest BCUT2D eigenvalue weighted by molar-refractivity contribution is 6.30. The van der Waals surface area contributed by atoms with E-state index in [9.17, 15) is 9.59 Å². The fraction of sp³-hybridized carbons (Fsp3) is 0.300. The van der Waals surface area contributed by atoms with Gasteiger partial charge in [-0.2, -0.15) is 0 Å². The van der Waals surface area contributed by atoms with Gasteiger partial charge < -0.3 is 15.1 Å². The van der Waals surface area contributed by atoms with Crippen molar-refractivity contribution in [1.29, 1.82) is 0 Å². The normalized spacial score (nSPS) is 14.1. The van der Waals surface area contributed by atoms with Crippen LogP contribution >= 0.6 is 11.6 Å². The number of piperazine rings is 1. The minimum atomic E-state index is -0.172. The van der Waals surface area contributed by atoms with Gasteiger partial charge >= 0.3 is 0 Å². The molecule has 1 N–H and O–H groups in total. The van der Waals surface area contributed by atoms with Crippen LogP contribution < -0.4 is 5.32 Å². The van der Waals surface area contributed by atoms with E-state index >= 15 is 0 Å². The number of nitrogens with zero attached hydrogens (tertiary/aromatic N) is 2. The lowest BCUT2D eigenvalue weighted by Gasteiger charge is -2.30. The molecule has 0 aromatic heterocycles. The molecule has 0 saturated carbocycles. The minimum absolute atomic E-state index is 0.0234. The molecule has 1 fully saturated rings. The predicted molar refractivity (Wildman–Crippen MR) is 102 cm³/mol. The molecule has 2 amide bonds. The second-order valence-corrected chi connectivity index (χ2v) is 6.72. The van der Waals surface area contributed by atoms with Gasteiger partial charge in [0, 0.05) is 43.3 Å². The second-order valence-electron chi connectivity index (χ2n) is 6.28. The SMILES string of the molecule is O=C(CN(Cc1ccccc1)C(=O)c1ccc(Cl)cc1)N1CCNCC1. The monoisotopic (exact) mass is 371 g/mol. The molecule has 0 bridgehead atoms. The molecule has 5 nitrogen and oxygen atoms in total. The standard InChI is InChI=1S/C20H22ClN3O2/c21-18-8-6-17(7-9-18)20(26)24(14-16-4-2-1-3-5-16)15-19(25)23-12-10-22-11-13-23/h1-9,22H,10-15H2. The van der Waals surface area contributed by atoms with Crippen LogP contribution in [-0.4, -0.2) is 54.3 Å². The Morgan fingerprint density at radius 3 is 2.31 bits per heavy atom. The number of hydrogen-bond acceptors (Lipinski definition) is 3. The molecule has 0 unspecified atom stereocenters. The molecular weight excluding hydrogens is 350 g/mol. The van der Waals surface area contributed by atoms with E-state index in [-0.39, 0.29) is 18.4 Å². The van der Waals surface area contributed by atoms with Crippen molar-refractivity contribution in [2.75, 3.05) is 32.7 Å². The molecule has 2 aromatic carbocycles. The van der Waals surface area contributed by atoms with Crippen molar-refractivity contribution in [3.63, 3.8) is 0 Å². The van der Waals surface area contributed by atoms with Crippen LogP contribution in [0.1, 0.15) is 15.9 Å². The number of amides is 2. The number of carbonyl (C=O) groups is 2. The summed E-state index contributed by atoms with van der Waals surface area (Å²) in [6.07, 6.45) is 0. The molecule has 0 radical (unpaired) electrons. The van der Waals surface area contributed by atoms with E-state index in [0.29, 0.717) is 30.2 Å². The summed E-state index contributed by atoms with van der Waals surface area (Å²) in [6, 6.07) is 16.5. The molecule has 1 aliphatic rings. The van der Waals surface area contributed by atoms with Gasteiger partial charge in [0.05, 0.1) is 0 Å². The average Bonchev–Trinajstić information content (AvgIpc) is 2.69. The van der Waals surface area contributed by atoms with Crippen LogP contribution in [0.5, 0.6) is 0 Å². The molecule has 2 aromatic rings. The van der Waals surface area contributed by atoms with Gasteiger partial charge in [0.2, 0.25) is 5.91 Å². The lowest BCUT2D eigenvalue weighted by atomic mass is 10.1. The predicted octanol–water partition coefficient (Wildman–Crippen LogP) is 2.41. The highest BCUT2D eigenvalue weighted by Crippen LogP contribution is 2.14. The van der Waals surface area contributed by atoms with Crippen molar-refractivity contribution in [2.24, 2.45) is 0 Å². The van der Waals surface area contributed by atoms with Crippen LogP contribution in [0, 0.1) is 0 Å². The summed E-state index contributed by atoms with van der Waals surface area (Å²) in [6.45, 7) is 3.38. The Balaban J connectivity index is 1.77. The fourth-order valence-corrected chi connectivity index (χ4v) is 3.08. The maximum absolute atomic E-state index is 13.0. The number of halogens is 1. The number of benzene rings is 2. The Bertz CT molecular complexity index is 743. The molecule has 0 aliphatic carbocycles. The van der Waals surface area contributed by atoms with Gasteiger partial charge in [-0.25, -0.2) is 0 Å². The van der Waals surface area contributed by atoms with Crippen LogP contribution in [-0.2, 0) is 11.3 Å². The Kier molecular flexibility index (Phi) is 6.26. The Hall–Kier alpha value is -2.37. The van der Waals surface area contributed by atoms with E-state index in [4.69, 9.17) is 11.6 Å². The first-order chi connectivity index (χ1) is 12.6. The van der Waals surface area contributed by atoms with Gasteiger partial charge in [-0.3, -0.25) is 9.59 Å². The first-order valence-electron chi connectivity index (χ1n) is 8.71. The van der Waals surface area contributed by atoms with Crippen molar-refractivity contribution >= 4 is 23.4 Å². The van der Waals surface area contributed by atoms with Crippen LogP contribution in [0.25, 0.3) is 0 Å². The minimum Gasteiger partial charge on any atom is -0.339 e. The first kappa shape index (κ1) is 18.4. The largest absolute Gasteiger partial charge is 0.339 e. The Morgan fingerprint density at radius 2 is 1.65 bits per heavy atom. The van der Waals surface area contributed by atoms with Crippen molar-refractivity contribution in [3.05, 3.63) is 70.7 Å². The summed E-state index contributed by atoms with van der Waals surface area (Å²) >= 11 is 5.92. The number of carbonyl (C=O) groups excluding carboxylic acids is 2. The molecular formula is C20H22ClN3O2. The van der Waals surface area contributed by atoms with Gasteiger partial charge in [0.1, 0.15) is 6.54 Å². The zero-order chi connectivity index (χ0) is 18.4. The molecule has 0 atom stereocenters. The van der Waals surface area contributed by atoms with Crippen molar-refractivity contribution in [2.45, 2.75) is 6.54 Å². The summed E-state index contributed by atoms with van der Waals surface area (Å²) in [5.74, 6) is -0.196. The maximum Gasteiger partial charge on any atom is 0.254 e. The molecule has 3 rings (SSSR count). The smallest absolute Gasteiger partial charge is 0.254 e. The molecule has 1 saturated heterocycles. The van der Waals surface area contributed by atoms with Crippen molar-refractivity contribution < 1.29 is 9.59 Å². The van der Waals surface area contributed by atoms with Crippen LogP contribution in [0.15, 0.2) is 54.6 Å². The van der Waals surface area contributed by atoms with Crippen molar-refractivity contribution in [1.82, 2.24) is 15.1 Å². The summed E-state index contributed by atoms with van der Waals surface area (Å²) in [7, 11) is 0. The van der Waals surface area contributed by atoms with Crippen molar-refractivity contribution in [3.8, 4) is 0 Å². The molecule has 6 heteroatoms. The fourth-order valence-electron chi connectivity index (χ4n) is 2.96. The summed E-state index contributed by atoms with van der Waals surface area (Å²) in [4.78, 5) is 29.1. The zero-order valence-electron chi connectivity index (χ0n) is 14.5. The third-order valence-electron chi connectivity index (χ3n) is 4.39. The Morgan fingerprint density at radius 1 is 1.00 bits per heavy atom. The van der Waals surface area contributed by atoms with Gasteiger partial charge in [-0.05, 0) is 29.8 Å². The molecule has 136 valence electrons. The third-order valence-corrected chi connectivity index (χ3v) is 4.64. The van der Waals surface area contributed by atoms with E-state index < -0.39 is 0 Å². The van der Waals surface area contributed by atoms with Gasteiger partial charge in [-0.15, -0.1) is 0 Å². The lowest BCUT2D eigenvalue weighted by molar-refractivity contribution is -0.132. The number of nitrogens with one attached hydrogen (secondary N) is 1. The Labute approximate surface area is 158 Å². The van der Waals surface area contributed by atoms with Gasteiger partial charge in [-0.1, -0.05) is 41.9 Å². The molecule has 0 spiro atoms. The van der Waals surface area contributed by atoms with E-state index in [0.717, 1.165) is 18.7 Å². The summed E-state index contributed by atoms with van der Waals surface area (Å²) in [5, 5.41) is 3.81. The van der Waals surface area contributed by atoms with Gasteiger partial charge in [0.25, 0.3) is 5.91 Å². The molecule has 1 aliphatic heterocycles. The highest BCUT2D eigenvalue weighted by Gasteiger charge is 2.23. The van der Waals surface area contributed by atoms with Crippen LogP contribution in [0.3, 0.4) is 0 Å². The third kappa shape index (κ3) is 4.84. The maximum atomic E-state index is 13.0. The summed E-state index contributed by atoms with van der Waals surface area (Å²) < 4.78 is 0. The number of rotatable bonds is 5. The quantitative estimate of drug-likeness (QED) is 0.878. The number of hydrogen-bond donors (Lipinski definition) is 1. The van der Waals surface area contributed by atoms with Gasteiger partial charge in [0.15, 0.2) is 0 Å². The van der Waals surface area contributed by atoms with E-state index in [1.54, 1.807) is 29.2 Å². The van der Waals surface area contributed by atoms with E-state index in [1.807, 2.05) is 35.2 Å². The topological polar surface area (TPSA) is 52.7 Å². The highest BCUT2D eigenvalue weighted by atomic mass is 35.5. The second kappa shape index (κ2) is 8.83. The lowest BCUT2D eigenvalue weighted by Crippen LogP contribution is -2.50. The summed E-state index contributed by atoms with van der Waals surface area (Å²) in [5.41, 5.74) is 1.52. The molecule has 26 heavy (non-hydrogen) atoms.